The topological polar surface area (TPSA) is 56.5 Å². The van der Waals surface area contributed by atoms with Crippen LogP contribution in [0, 0.1) is 0 Å². The van der Waals surface area contributed by atoms with E-state index in [1.165, 1.54) is 42.0 Å². The van der Waals surface area contributed by atoms with Gasteiger partial charge < -0.3 is 4.57 Å². The average molecular weight is 734 g/mol. The van der Waals surface area contributed by atoms with Crippen molar-refractivity contribution in [2.24, 2.45) is 0 Å². The molecule has 7 aromatic carbocycles. The molecule has 0 amide bonds. The Hall–Kier alpha value is -7.28. The molecule has 56 heavy (non-hydrogen) atoms. The Balaban J connectivity index is 1.15. The molecule has 0 aliphatic carbocycles. The van der Waals surface area contributed by atoms with Gasteiger partial charge in [0.15, 0.2) is 17.5 Å². The number of pyridine rings is 1. The maximum Gasteiger partial charge on any atom is 0.166 e. The van der Waals surface area contributed by atoms with Crippen molar-refractivity contribution in [2.75, 3.05) is 0 Å². The van der Waals surface area contributed by atoms with Crippen LogP contribution in [0.1, 0.15) is 0 Å². The summed E-state index contributed by atoms with van der Waals surface area (Å²) in [5, 5.41) is 4.92. The van der Waals surface area contributed by atoms with Crippen molar-refractivity contribution in [3.8, 4) is 62.2 Å². The number of fused-ring (bicyclic) bond motifs is 7. The third-order valence-electron chi connectivity index (χ3n) is 10.5. The van der Waals surface area contributed by atoms with Crippen molar-refractivity contribution in [1.29, 1.82) is 0 Å². The number of benzene rings is 7. The molecule has 0 atom stereocenters. The van der Waals surface area contributed by atoms with Crippen molar-refractivity contribution in [3.05, 3.63) is 188 Å². The average Bonchev–Trinajstić information content (AvgIpc) is 3.83. The summed E-state index contributed by atoms with van der Waals surface area (Å²) in [5.41, 5.74) is 10.2. The van der Waals surface area contributed by atoms with Gasteiger partial charge in [0.2, 0.25) is 0 Å². The molecule has 0 bridgehead atoms. The molecule has 0 radical (unpaired) electrons. The standard InChI is InChI=1S/C50H31N5S/c1-5-15-32(16-6-1)36-30-42(50-53-48(33-17-7-2-8-18-33)52-49(54-50)34-19-9-3-10-20-34)45(51-31-36)35-25-28-44-41(29-35)40-27-26-39-38-23-13-14-24-43(38)55(46(39)47(40)56-44)37-21-11-4-12-22-37/h1-31H. The highest BCUT2D eigenvalue weighted by Crippen LogP contribution is 2.44. The Morgan fingerprint density at radius 3 is 1.70 bits per heavy atom. The van der Waals surface area contributed by atoms with E-state index in [0.29, 0.717) is 17.5 Å². The maximum atomic E-state index is 5.21. The fraction of sp³-hybridized carbons (Fsp3) is 0. The van der Waals surface area contributed by atoms with Crippen LogP contribution in [0.2, 0.25) is 0 Å². The van der Waals surface area contributed by atoms with Gasteiger partial charge in [-0.3, -0.25) is 4.98 Å². The lowest BCUT2D eigenvalue weighted by atomic mass is 9.98. The lowest BCUT2D eigenvalue weighted by molar-refractivity contribution is 1.07. The van der Waals surface area contributed by atoms with E-state index in [4.69, 9.17) is 19.9 Å². The summed E-state index contributed by atoms with van der Waals surface area (Å²) < 4.78 is 4.90. The van der Waals surface area contributed by atoms with E-state index < -0.39 is 0 Å². The predicted octanol–water partition coefficient (Wildman–Crippen LogP) is 13.1. The minimum absolute atomic E-state index is 0.572. The van der Waals surface area contributed by atoms with Crippen molar-refractivity contribution in [3.63, 3.8) is 0 Å². The second-order valence-electron chi connectivity index (χ2n) is 13.9. The zero-order chi connectivity index (χ0) is 37.0. The number of aromatic nitrogens is 5. The van der Waals surface area contributed by atoms with E-state index in [1.54, 1.807) is 0 Å². The molecule has 6 heteroatoms. The highest BCUT2D eigenvalue weighted by Gasteiger charge is 2.21. The lowest BCUT2D eigenvalue weighted by Crippen LogP contribution is -2.02. The van der Waals surface area contributed by atoms with Crippen molar-refractivity contribution in [1.82, 2.24) is 24.5 Å². The number of hydrogen-bond donors (Lipinski definition) is 0. The molecule has 0 saturated carbocycles. The Bertz CT molecular complexity index is 3170. The van der Waals surface area contributed by atoms with Gasteiger partial charge in [0.25, 0.3) is 0 Å². The fourth-order valence-electron chi connectivity index (χ4n) is 7.86. The van der Waals surface area contributed by atoms with Crippen molar-refractivity contribution >= 4 is 53.3 Å². The van der Waals surface area contributed by atoms with Crippen LogP contribution in [0.15, 0.2) is 188 Å². The molecular weight excluding hydrogens is 703 g/mol. The van der Waals surface area contributed by atoms with Gasteiger partial charge in [0.1, 0.15) is 0 Å². The van der Waals surface area contributed by atoms with E-state index >= 15 is 0 Å². The third-order valence-corrected chi connectivity index (χ3v) is 11.7. The monoisotopic (exact) mass is 733 g/mol. The Kier molecular flexibility index (Phi) is 7.60. The molecule has 0 fully saturated rings. The second kappa shape index (κ2) is 13.2. The summed E-state index contributed by atoms with van der Waals surface area (Å²) in [6.07, 6.45) is 1.96. The third kappa shape index (κ3) is 5.38. The summed E-state index contributed by atoms with van der Waals surface area (Å²) in [6.45, 7) is 0. The second-order valence-corrected chi connectivity index (χ2v) is 14.9. The molecule has 0 unspecified atom stereocenters. The highest BCUT2D eigenvalue weighted by atomic mass is 32.1. The number of hydrogen-bond acceptors (Lipinski definition) is 5. The van der Waals surface area contributed by atoms with Crippen molar-refractivity contribution < 1.29 is 0 Å². The predicted molar refractivity (Wildman–Crippen MR) is 232 cm³/mol. The van der Waals surface area contributed by atoms with E-state index in [2.05, 4.69) is 120 Å². The van der Waals surface area contributed by atoms with Crippen molar-refractivity contribution in [2.45, 2.75) is 0 Å². The van der Waals surface area contributed by atoms with E-state index in [-0.39, 0.29) is 0 Å². The SMILES string of the molecule is c1ccc(-c2cnc(-c3ccc4sc5c(ccc6c7ccccc7n(-c7ccccc7)c65)c4c3)c(-c3nc(-c4ccccc4)nc(-c4ccccc4)n3)c2)cc1. The molecule has 11 aromatic rings. The molecule has 11 rings (SSSR count). The van der Waals surface area contributed by atoms with Crippen LogP contribution < -0.4 is 0 Å². The largest absolute Gasteiger partial charge is 0.308 e. The summed E-state index contributed by atoms with van der Waals surface area (Å²) in [6, 6.07) is 63.4. The highest BCUT2D eigenvalue weighted by molar-refractivity contribution is 7.26. The molecular formula is C50H31N5S. The van der Waals surface area contributed by atoms with Gasteiger partial charge in [-0.25, -0.2) is 15.0 Å². The normalized spacial score (nSPS) is 11.6. The van der Waals surface area contributed by atoms with Gasteiger partial charge in [0.05, 0.1) is 21.4 Å². The van der Waals surface area contributed by atoms with E-state index in [1.807, 2.05) is 84.3 Å². The van der Waals surface area contributed by atoms with Gasteiger partial charge in [0, 0.05) is 65.9 Å². The zero-order valence-electron chi connectivity index (χ0n) is 30.0. The lowest BCUT2D eigenvalue weighted by Gasteiger charge is -2.13. The molecule has 4 heterocycles. The summed E-state index contributed by atoms with van der Waals surface area (Å²) in [7, 11) is 0. The number of nitrogens with zero attached hydrogens (tertiary/aromatic N) is 5. The molecule has 4 aromatic heterocycles. The van der Waals surface area contributed by atoms with Gasteiger partial charge in [-0.15, -0.1) is 11.3 Å². The Morgan fingerprint density at radius 2 is 1.00 bits per heavy atom. The van der Waals surface area contributed by atoms with Gasteiger partial charge in [-0.05, 0) is 42.0 Å². The van der Waals surface area contributed by atoms with Crippen LogP contribution in [-0.2, 0) is 0 Å². The van der Waals surface area contributed by atoms with Gasteiger partial charge >= 0.3 is 0 Å². The molecule has 0 N–H and O–H groups in total. The number of rotatable bonds is 6. The minimum Gasteiger partial charge on any atom is -0.308 e. The minimum atomic E-state index is 0.572. The molecule has 0 aliphatic rings. The molecule has 0 saturated heterocycles. The van der Waals surface area contributed by atoms with Crippen LogP contribution in [0.25, 0.3) is 104 Å². The van der Waals surface area contributed by atoms with E-state index in [9.17, 15) is 0 Å². The number of thiophene rings is 1. The zero-order valence-corrected chi connectivity index (χ0v) is 30.9. The van der Waals surface area contributed by atoms with Crippen LogP contribution in [-0.4, -0.2) is 24.5 Å². The Morgan fingerprint density at radius 1 is 0.411 bits per heavy atom. The summed E-state index contributed by atoms with van der Waals surface area (Å²) in [5.74, 6) is 1.80. The first-order chi connectivity index (χ1) is 27.8. The first kappa shape index (κ1) is 32.2. The van der Waals surface area contributed by atoms with Crippen LogP contribution in [0.5, 0.6) is 0 Å². The van der Waals surface area contributed by atoms with Crippen LogP contribution >= 0.6 is 11.3 Å². The summed E-state index contributed by atoms with van der Waals surface area (Å²) in [4.78, 5) is 20.5. The van der Waals surface area contributed by atoms with Crippen LogP contribution in [0.4, 0.5) is 0 Å². The first-order valence-corrected chi connectivity index (χ1v) is 19.5. The maximum absolute atomic E-state index is 5.21. The summed E-state index contributed by atoms with van der Waals surface area (Å²) >= 11 is 1.84. The molecule has 0 spiro atoms. The number of para-hydroxylation sites is 2. The van der Waals surface area contributed by atoms with E-state index in [0.717, 1.165) is 44.8 Å². The smallest absolute Gasteiger partial charge is 0.166 e. The molecule has 262 valence electrons. The molecule has 5 nitrogen and oxygen atoms in total. The fourth-order valence-corrected chi connectivity index (χ4v) is 9.08. The van der Waals surface area contributed by atoms with Gasteiger partial charge in [-0.2, -0.15) is 0 Å². The Labute approximate surface area is 326 Å². The van der Waals surface area contributed by atoms with Gasteiger partial charge in [-0.1, -0.05) is 146 Å². The van der Waals surface area contributed by atoms with Crippen LogP contribution in [0.3, 0.4) is 0 Å². The first-order valence-electron chi connectivity index (χ1n) is 18.6. The quantitative estimate of drug-likeness (QED) is 0.171. The molecule has 0 aliphatic heterocycles.